The van der Waals surface area contributed by atoms with E-state index in [0.29, 0.717) is 5.56 Å². The maximum absolute atomic E-state index is 12.8. The lowest BCUT2D eigenvalue weighted by atomic mass is 10.0. The highest BCUT2D eigenvalue weighted by Gasteiger charge is 2.33. The maximum atomic E-state index is 12.8. The fourth-order valence-electron chi connectivity index (χ4n) is 3.51. The molecule has 2 atom stereocenters. The van der Waals surface area contributed by atoms with Crippen LogP contribution >= 0.6 is 0 Å². The molecule has 1 aromatic heterocycles. The van der Waals surface area contributed by atoms with Crippen molar-refractivity contribution < 1.29 is 4.79 Å². The Bertz CT molecular complexity index is 672. The number of benzene rings is 1. The third kappa shape index (κ3) is 3.28. The normalized spacial score (nSPS) is 21.0. The molecule has 1 aliphatic heterocycles. The van der Waals surface area contributed by atoms with Gasteiger partial charge in [0, 0.05) is 43.3 Å². The minimum atomic E-state index is 0.0732. The van der Waals surface area contributed by atoms with Gasteiger partial charge in [-0.15, -0.1) is 0 Å². The van der Waals surface area contributed by atoms with Crippen LogP contribution in [0.25, 0.3) is 0 Å². The van der Waals surface area contributed by atoms with Crippen LogP contribution in [0.3, 0.4) is 0 Å². The molecule has 4 nitrogen and oxygen atoms in total. The number of nitrogens with zero attached hydrogens (tertiary/aromatic N) is 3. The molecule has 2 heterocycles. The average Bonchev–Trinajstić information content (AvgIpc) is 2.61. The average molecular weight is 323 g/mol. The lowest BCUT2D eigenvalue weighted by Gasteiger charge is -2.45. The molecule has 0 bridgehead atoms. The van der Waals surface area contributed by atoms with Crippen LogP contribution in [0.1, 0.15) is 36.7 Å². The fraction of sp³-hybridized carbons (Fsp3) is 0.400. The Morgan fingerprint density at radius 3 is 2.33 bits per heavy atom. The fourth-order valence-corrected chi connectivity index (χ4v) is 3.51. The van der Waals surface area contributed by atoms with Gasteiger partial charge in [0.2, 0.25) is 0 Å². The van der Waals surface area contributed by atoms with Gasteiger partial charge in [-0.3, -0.25) is 9.78 Å². The van der Waals surface area contributed by atoms with Crippen LogP contribution in [0.2, 0.25) is 0 Å². The molecule has 1 saturated heterocycles. The summed E-state index contributed by atoms with van der Waals surface area (Å²) in [6, 6.07) is 12.7. The molecule has 0 N–H and O–H groups in total. The van der Waals surface area contributed by atoms with E-state index in [0.717, 1.165) is 19.5 Å². The summed E-state index contributed by atoms with van der Waals surface area (Å²) < 4.78 is 0. The summed E-state index contributed by atoms with van der Waals surface area (Å²) in [6.07, 6.45) is 4.40. The number of aryl methyl sites for hydroxylation is 1. The number of anilines is 1. The van der Waals surface area contributed by atoms with Gasteiger partial charge in [-0.1, -0.05) is 19.1 Å². The lowest BCUT2D eigenvalue weighted by Crippen LogP contribution is -2.58. The molecular formula is C20H25N3O. The first-order chi connectivity index (χ1) is 11.6. The molecule has 1 fully saturated rings. The highest BCUT2D eigenvalue weighted by atomic mass is 16.2. The first-order valence-electron chi connectivity index (χ1n) is 8.66. The second kappa shape index (κ2) is 7.04. The van der Waals surface area contributed by atoms with Gasteiger partial charge in [-0.05, 0) is 50.1 Å². The van der Waals surface area contributed by atoms with Gasteiger partial charge >= 0.3 is 0 Å². The molecule has 0 spiro atoms. The van der Waals surface area contributed by atoms with E-state index in [1.54, 1.807) is 12.4 Å². The highest BCUT2D eigenvalue weighted by Crippen LogP contribution is 2.24. The maximum Gasteiger partial charge on any atom is 0.256 e. The summed E-state index contributed by atoms with van der Waals surface area (Å²) in [5.41, 5.74) is 3.25. The van der Waals surface area contributed by atoms with Crippen LogP contribution in [0, 0.1) is 0 Å². The number of rotatable bonds is 3. The van der Waals surface area contributed by atoms with Crippen molar-refractivity contribution in [2.45, 2.75) is 39.3 Å². The van der Waals surface area contributed by atoms with Crippen molar-refractivity contribution >= 4 is 11.6 Å². The van der Waals surface area contributed by atoms with E-state index in [4.69, 9.17) is 0 Å². The number of carbonyl (C=O) groups is 1. The molecule has 24 heavy (non-hydrogen) atoms. The second-order valence-electron chi connectivity index (χ2n) is 6.58. The number of amides is 1. The topological polar surface area (TPSA) is 36.4 Å². The zero-order valence-electron chi connectivity index (χ0n) is 14.6. The Kier molecular flexibility index (Phi) is 4.84. The number of aromatic nitrogens is 1. The van der Waals surface area contributed by atoms with Gasteiger partial charge in [0.15, 0.2) is 0 Å². The standard InChI is InChI=1S/C20H25N3O/c1-4-17-7-9-19(10-8-17)22-13-15(2)23(16(3)14-22)20(24)18-6-5-11-21-12-18/h5-12,15-16H,4,13-14H2,1-3H3. The monoisotopic (exact) mass is 323 g/mol. The number of hydrogen-bond acceptors (Lipinski definition) is 3. The van der Waals surface area contributed by atoms with E-state index in [2.05, 4.69) is 54.9 Å². The molecule has 0 aliphatic carbocycles. The van der Waals surface area contributed by atoms with Crippen LogP contribution in [0.15, 0.2) is 48.8 Å². The molecule has 126 valence electrons. The van der Waals surface area contributed by atoms with Crippen LogP contribution in [-0.2, 0) is 6.42 Å². The predicted molar refractivity (Wildman–Crippen MR) is 97.4 cm³/mol. The van der Waals surface area contributed by atoms with Gasteiger partial charge in [-0.25, -0.2) is 0 Å². The molecule has 3 rings (SSSR count). The summed E-state index contributed by atoms with van der Waals surface area (Å²) >= 11 is 0. The van der Waals surface area contributed by atoms with Crippen molar-refractivity contribution in [1.29, 1.82) is 0 Å². The van der Waals surface area contributed by atoms with Gasteiger partial charge in [-0.2, -0.15) is 0 Å². The van der Waals surface area contributed by atoms with E-state index >= 15 is 0 Å². The molecule has 4 heteroatoms. The molecule has 0 radical (unpaired) electrons. The number of pyridine rings is 1. The van der Waals surface area contributed by atoms with E-state index in [1.807, 2.05) is 17.0 Å². The molecule has 0 saturated carbocycles. The van der Waals surface area contributed by atoms with Crippen LogP contribution in [0.5, 0.6) is 0 Å². The first-order valence-corrected chi connectivity index (χ1v) is 8.66. The van der Waals surface area contributed by atoms with Crippen LogP contribution < -0.4 is 4.90 Å². The summed E-state index contributed by atoms with van der Waals surface area (Å²) in [6.45, 7) is 8.11. The molecule has 1 aromatic carbocycles. The molecule has 2 aromatic rings. The van der Waals surface area contributed by atoms with Gasteiger partial charge < -0.3 is 9.80 Å². The van der Waals surface area contributed by atoms with E-state index < -0.39 is 0 Å². The first kappa shape index (κ1) is 16.5. The zero-order valence-corrected chi connectivity index (χ0v) is 14.6. The SMILES string of the molecule is CCc1ccc(N2CC(C)N(C(=O)c3cccnc3)C(C)C2)cc1. The summed E-state index contributed by atoms with van der Waals surface area (Å²) in [5, 5.41) is 0. The summed E-state index contributed by atoms with van der Waals surface area (Å²) in [5.74, 6) is 0.0732. The van der Waals surface area contributed by atoms with Crippen molar-refractivity contribution in [1.82, 2.24) is 9.88 Å². The smallest absolute Gasteiger partial charge is 0.256 e. The molecule has 2 unspecified atom stereocenters. The van der Waals surface area contributed by atoms with Gasteiger partial charge in [0.25, 0.3) is 5.91 Å². The van der Waals surface area contributed by atoms with Crippen molar-refractivity contribution in [3.63, 3.8) is 0 Å². The van der Waals surface area contributed by atoms with Gasteiger partial charge in [0.1, 0.15) is 0 Å². The Morgan fingerprint density at radius 1 is 1.12 bits per heavy atom. The quantitative estimate of drug-likeness (QED) is 0.869. The Balaban J connectivity index is 1.75. The van der Waals surface area contributed by atoms with Crippen molar-refractivity contribution in [3.05, 3.63) is 59.9 Å². The number of carbonyl (C=O) groups excluding carboxylic acids is 1. The molecule has 1 amide bonds. The van der Waals surface area contributed by atoms with Crippen molar-refractivity contribution in [2.75, 3.05) is 18.0 Å². The summed E-state index contributed by atoms with van der Waals surface area (Å²) in [7, 11) is 0. The molecule has 1 aliphatic rings. The van der Waals surface area contributed by atoms with E-state index in [1.165, 1.54) is 11.3 Å². The van der Waals surface area contributed by atoms with E-state index in [-0.39, 0.29) is 18.0 Å². The van der Waals surface area contributed by atoms with Gasteiger partial charge in [0.05, 0.1) is 5.56 Å². The number of hydrogen-bond donors (Lipinski definition) is 0. The highest BCUT2D eigenvalue weighted by molar-refractivity contribution is 5.94. The Hall–Kier alpha value is -2.36. The number of piperazine rings is 1. The third-order valence-corrected chi connectivity index (χ3v) is 4.77. The largest absolute Gasteiger partial charge is 0.367 e. The summed E-state index contributed by atoms with van der Waals surface area (Å²) in [4.78, 5) is 21.3. The van der Waals surface area contributed by atoms with Crippen LogP contribution in [0.4, 0.5) is 5.69 Å². The Labute approximate surface area is 144 Å². The zero-order chi connectivity index (χ0) is 17.1. The minimum Gasteiger partial charge on any atom is -0.367 e. The lowest BCUT2D eigenvalue weighted by molar-refractivity contribution is 0.0574. The predicted octanol–water partition coefficient (Wildman–Crippen LogP) is 3.38. The Morgan fingerprint density at radius 2 is 1.79 bits per heavy atom. The van der Waals surface area contributed by atoms with E-state index in [9.17, 15) is 4.79 Å². The minimum absolute atomic E-state index is 0.0732. The second-order valence-corrected chi connectivity index (χ2v) is 6.58. The van der Waals surface area contributed by atoms with Crippen LogP contribution in [-0.4, -0.2) is 41.0 Å². The molecular weight excluding hydrogens is 298 g/mol. The van der Waals surface area contributed by atoms with Crippen molar-refractivity contribution in [2.24, 2.45) is 0 Å². The van der Waals surface area contributed by atoms with Crippen molar-refractivity contribution in [3.8, 4) is 0 Å². The third-order valence-electron chi connectivity index (χ3n) is 4.77.